The Morgan fingerprint density at radius 2 is 1.88 bits per heavy atom. The second kappa shape index (κ2) is 9.13. The summed E-state index contributed by atoms with van der Waals surface area (Å²) in [6.07, 6.45) is 7.61. The second-order valence-corrected chi connectivity index (χ2v) is 8.55. The number of alkyl carbamates (subject to hydrolysis) is 1. The van der Waals surface area contributed by atoms with Crippen molar-refractivity contribution < 1.29 is 14.3 Å². The Bertz CT molecular complexity index is 512. The van der Waals surface area contributed by atoms with Gasteiger partial charge in [-0.3, -0.25) is 4.79 Å². The van der Waals surface area contributed by atoms with Crippen molar-refractivity contribution >= 4 is 35.2 Å². The first-order valence-electron chi connectivity index (χ1n) is 9.06. The number of halogens is 2. The average Bonchev–Trinajstić information content (AvgIpc) is 3.07. The molecule has 5 nitrogen and oxygen atoms in total. The molecule has 2 saturated carbocycles. The lowest BCUT2D eigenvalue weighted by molar-refractivity contribution is -0.123. The number of hydrogen-bond donors (Lipinski definition) is 2. The molecule has 142 valence electrons. The van der Waals surface area contributed by atoms with Gasteiger partial charge in [0.2, 0.25) is 5.91 Å². The van der Waals surface area contributed by atoms with Gasteiger partial charge in [0.05, 0.1) is 12.5 Å². The fourth-order valence-corrected chi connectivity index (χ4v) is 3.91. The average molecular weight is 391 g/mol. The minimum Gasteiger partial charge on any atom is -0.449 e. The van der Waals surface area contributed by atoms with Crippen molar-refractivity contribution in [3.63, 3.8) is 0 Å². The van der Waals surface area contributed by atoms with Crippen LogP contribution in [0.25, 0.3) is 0 Å². The van der Waals surface area contributed by atoms with Crippen molar-refractivity contribution in [2.24, 2.45) is 17.3 Å². The second-order valence-electron chi connectivity index (χ2n) is 7.54. The largest absolute Gasteiger partial charge is 0.449 e. The number of carbonyl (C=O) groups is 2. The van der Waals surface area contributed by atoms with Gasteiger partial charge in [-0.25, -0.2) is 4.79 Å². The molecule has 0 radical (unpaired) electrons. The van der Waals surface area contributed by atoms with Crippen LogP contribution < -0.4 is 10.6 Å². The molecule has 0 aromatic carbocycles. The number of rotatable bonds is 7. The van der Waals surface area contributed by atoms with E-state index in [4.69, 9.17) is 27.9 Å². The van der Waals surface area contributed by atoms with Crippen LogP contribution >= 0.6 is 23.2 Å². The van der Waals surface area contributed by atoms with Gasteiger partial charge in [-0.1, -0.05) is 56.3 Å². The predicted octanol–water partition coefficient (Wildman–Crippen LogP) is 4.14. The summed E-state index contributed by atoms with van der Waals surface area (Å²) in [6, 6.07) is 0.247. The lowest BCUT2D eigenvalue weighted by atomic mass is 9.96. The highest BCUT2D eigenvalue weighted by atomic mass is 35.5. The van der Waals surface area contributed by atoms with Gasteiger partial charge in [-0.2, -0.15) is 0 Å². The summed E-state index contributed by atoms with van der Waals surface area (Å²) in [7, 11) is 0. The van der Waals surface area contributed by atoms with Crippen molar-refractivity contribution in [1.82, 2.24) is 10.6 Å². The maximum atomic E-state index is 12.2. The molecule has 0 aliphatic heterocycles. The van der Waals surface area contributed by atoms with E-state index in [2.05, 4.69) is 10.6 Å². The first kappa shape index (κ1) is 20.4. The van der Waals surface area contributed by atoms with E-state index in [1.165, 1.54) is 19.3 Å². The van der Waals surface area contributed by atoms with Crippen LogP contribution in [0.4, 0.5) is 4.79 Å². The Kier molecular flexibility index (Phi) is 7.44. The maximum Gasteiger partial charge on any atom is 0.407 e. The maximum absolute atomic E-state index is 12.2. The molecule has 2 N–H and O–H groups in total. The molecule has 2 atom stereocenters. The minimum atomic E-state index is -0.358. The van der Waals surface area contributed by atoms with E-state index in [-0.39, 0.29) is 39.8 Å². The van der Waals surface area contributed by atoms with Crippen LogP contribution in [0.3, 0.4) is 0 Å². The smallest absolute Gasteiger partial charge is 0.407 e. The molecular formula is C18H28Cl2N2O3. The summed E-state index contributed by atoms with van der Waals surface area (Å²) in [4.78, 5) is 23.9. The third kappa shape index (κ3) is 6.07. The lowest BCUT2D eigenvalue weighted by Gasteiger charge is -2.22. The number of ether oxygens (including phenoxy) is 1. The number of allylic oxidation sites excluding steroid dienone is 1. The zero-order valence-electron chi connectivity index (χ0n) is 14.9. The summed E-state index contributed by atoms with van der Waals surface area (Å²) in [5.74, 6) is -0.0574. The lowest BCUT2D eigenvalue weighted by Crippen LogP contribution is -2.37. The molecule has 2 aliphatic carbocycles. The van der Waals surface area contributed by atoms with Gasteiger partial charge in [0.25, 0.3) is 0 Å². The number of nitrogens with one attached hydrogen (secondary N) is 2. The van der Waals surface area contributed by atoms with E-state index in [0.717, 1.165) is 12.8 Å². The van der Waals surface area contributed by atoms with Crippen LogP contribution in [0.1, 0.15) is 52.4 Å². The van der Waals surface area contributed by atoms with Crippen molar-refractivity contribution in [2.75, 3.05) is 13.2 Å². The van der Waals surface area contributed by atoms with Crippen LogP contribution in [0.2, 0.25) is 0 Å². The molecule has 2 amide bonds. The Hall–Kier alpha value is -0.940. The third-order valence-electron chi connectivity index (χ3n) is 5.28. The fraction of sp³-hybridized carbons (Fsp3) is 0.778. The van der Waals surface area contributed by atoms with Crippen molar-refractivity contribution in [3.8, 4) is 0 Å². The van der Waals surface area contributed by atoms with Gasteiger partial charge >= 0.3 is 6.09 Å². The molecular weight excluding hydrogens is 363 g/mol. The van der Waals surface area contributed by atoms with E-state index in [1.807, 2.05) is 13.8 Å². The highest BCUT2D eigenvalue weighted by molar-refractivity contribution is 6.55. The standard InChI is InChI=1S/C18H28Cl2N2O3/c1-18(2)13(11-14(19)20)15(18)16(23)21-9-6-10-25-17(24)22-12-7-4-3-5-8-12/h11-13,15H,3-10H2,1-2H3,(H,21,23)(H,22,24). The van der Waals surface area contributed by atoms with Crippen molar-refractivity contribution in [1.29, 1.82) is 0 Å². The Balaban J connectivity index is 1.57. The van der Waals surface area contributed by atoms with Gasteiger partial charge in [-0.15, -0.1) is 0 Å². The van der Waals surface area contributed by atoms with Crippen LogP contribution in [-0.4, -0.2) is 31.2 Å². The Labute approximate surface area is 159 Å². The molecule has 7 heteroatoms. The van der Waals surface area contributed by atoms with E-state index >= 15 is 0 Å². The minimum absolute atomic E-state index is 0.00695. The molecule has 0 aromatic heterocycles. The molecule has 2 aliphatic rings. The Morgan fingerprint density at radius 3 is 2.52 bits per heavy atom. The van der Waals surface area contributed by atoms with E-state index in [1.54, 1.807) is 6.08 Å². The number of carbonyl (C=O) groups excluding carboxylic acids is 2. The van der Waals surface area contributed by atoms with Gasteiger partial charge < -0.3 is 15.4 Å². The van der Waals surface area contributed by atoms with Crippen LogP contribution in [-0.2, 0) is 9.53 Å². The van der Waals surface area contributed by atoms with Crippen LogP contribution in [0, 0.1) is 17.3 Å². The molecule has 0 saturated heterocycles. The summed E-state index contributed by atoms with van der Waals surface area (Å²) >= 11 is 11.4. The number of amides is 2. The molecule has 0 aromatic rings. The number of hydrogen-bond acceptors (Lipinski definition) is 3. The zero-order valence-corrected chi connectivity index (χ0v) is 16.5. The van der Waals surface area contributed by atoms with Gasteiger partial charge in [0.1, 0.15) is 4.49 Å². The van der Waals surface area contributed by atoms with Gasteiger partial charge in [0.15, 0.2) is 0 Å². The quantitative estimate of drug-likeness (QED) is 0.641. The SMILES string of the molecule is CC1(C)C(C=C(Cl)Cl)C1C(=O)NCCCOC(=O)NC1CCCCC1. The normalized spacial score (nSPS) is 25.0. The van der Waals surface area contributed by atoms with E-state index in [9.17, 15) is 9.59 Å². The van der Waals surface area contributed by atoms with Gasteiger partial charge in [0, 0.05) is 12.6 Å². The highest BCUT2D eigenvalue weighted by Crippen LogP contribution is 2.59. The third-order valence-corrected chi connectivity index (χ3v) is 5.53. The summed E-state index contributed by atoms with van der Waals surface area (Å²) in [5.41, 5.74) is -0.129. The predicted molar refractivity (Wildman–Crippen MR) is 99.5 cm³/mol. The van der Waals surface area contributed by atoms with Crippen LogP contribution in [0.15, 0.2) is 10.6 Å². The summed E-state index contributed by atoms with van der Waals surface area (Å²) in [6.45, 7) is 4.82. The van der Waals surface area contributed by atoms with Crippen molar-refractivity contribution in [2.45, 2.75) is 58.4 Å². The molecule has 25 heavy (non-hydrogen) atoms. The molecule has 0 heterocycles. The summed E-state index contributed by atoms with van der Waals surface area (Å²) < 4.78 is 5.37. The molecule has 2 rings (SSSR count). The topological polar surface area (TPSA) is 67.4 Å². The highest BCUT2D eigenvalue weighted by Gasteiger charge is 2.60. The van der Waals surface area contributed by atoms with Crippen LogP contribution in [0.5, 0.6) is 0 Å². The first-order valence-corrected chi connectivity index (χ1v) is 9.82. The fourth-order valence-electron chi connectivity index (χ4n) is 3.64. The monoisotopic (exact) mass is 390 g/mol. The molecule has 0 bridgehead atoms. The zero-order chi connectivity index (χ0) is 18.4. The van der Waals surface area contributed by atoms with E-state index in [0.29, 0.717) is 19.6 Å². The molecule has 2 unspecified atom stereocenters. The van der Waals surface area contributed by atoms with E-state index < -0.39 is 0 Å². The van der Waals surface area contributed by atoms with Crippen molar-refractivity contribution in [3.05, 3.63) is 10.6 Å². The first-order chi connectivity index (χ1) is 11.8. The summed E-state index contributed by atoms with van der Waals surface area (Å²) in [5, 5.41) is 5.79. The molecule has 2 fully saturated rings. The Morgan fingerprint density at radius 1 is 1.20 bits per heavy atom. The van der Waals surface area contributed by atoms with Gasteiger partial charge in [-0.05, 0) is 36.7 Å². The molecule has 0 spiro atoms.